The van der Waals surface area contributed by atoms with E-state index in [0.717, 1.165) is 16.9 Å². The van der Waals surface area contributed by atoms with E-state index < -0.39 is 5.97 Å². The fraction of sp³-hybridized carbons (Fsp3) is 0.214. The Morgan fingerprint density at radius 1 is 1.35 bits per heavy atom. The maximum atomic E-state index is 10.3. The summed E-state index contributed by atoms with van der Waals surface area (Å²) in [6.07, 6.45) is 5.32. The Bertz CT molecular complexity index is 427. The molecule has 3 nitrogen and oxygen atoms in total. The van der Waals surface area contributed by atoms with Gasteiger partial charge in [-0.05, 0) is 30.2 Å². The lowest BCUT2D eigenvalue weighted by Crippen LogP contribution is -1.89. The van der Waals surface area contributed by atoms with Gasteiger partial charge < -0.3 is 9.84 Å². The lowest BCUT2D eigenvalue weighted by molar-refractivity contribution is -0.135. The first kappa shape index (κ1) is 13.0. The van der Waals surface area contributed by atoms with E-state index >= 15 is 0 Å². The second kappa shape index (κ2) is 6.53. The van der Waals surface area contributed by atoms with Crippen molar-refractivity contribution in [1.29, 1.82) is 0 Å². The number of allylic oxidation sites excluding steroid dienone is 3. The van der Waals surface area contributed by atoms with Crippen molar-refractivity contribution >= 4 is 11.5 Å². The van der Waals surface area contributed by atoms with Crippen molar-refractivity contribution in [2.45, 2.75) is 13.3 Å². The molecule has 0 aromatic heterocycles. The van der Waals surface area contributed by atoms with Crippen molar-refractivity contribution < 1.29 is 14.6 Å². The summed E-state index contributed by atoms with van der Waals surface area (Å²) in [7, 11) is 1.63. The maximum Gasteiger partial charge on any atom is 0.307 e. The van der Waals surface area contributed by atoms with Gasteiger partial charge in [0.2, 0.25) is 0 Å². The maximum absolute atomic E-state index is 10.3. The molecular formula is C14H16O3. The van der Waals surface area contributed by atoms with Crippen molar-refractivity contribution in [1.82, 2.24) is 0 Å². The second-order valence-electron chi connectivity index (χ2n) is 3.60. The minimum absolute atomic E-state index is 0.0480. The van der Waals surface area contributed by atoms with Crippen LogP contribution in [0.3, 0.4) is 0 Å². The molecule has 3 heteroatoms. The predicted octanol–water partition coefficient (Wildman–Crippen LogP) is 3.13. The Balaban J connectivity index is 2.67. The van der Waals surface area contributed by atoms with Crippen LogP contribution in [-0.2, 0) is 4.79 Å². The highest BCUT2D eigenvalue weighted by Gasteiger charge is 1.95. The summed E-state index contributed by atoms with van der Waals surface area (Å²) in [5.41, 5.74) is 2.17. The third-order valence-corrected chi connectivity index (χ3v) is 2.32. The van der Waals surface area contributed by atoms with Crippen LogP contribution >= 0.6 is 0 Å². The summed E-state index contributed by atoms with van der Waals surface area (Å²) in [6, 6.07) is 7.73. The van der Waals surface area contributed by atoms with Crippen LogP contribution in [0.2, 0.25) is 0 Å². The molecule has 90 valence electrons. The van der Waals surface area contributed by atoms with Crippen LogP contribution in [0.25, 0.3) is 5.57 Å². The molecular weight excluding hydrogens is 216 g/mol. The summed E-state index contributed by atoms with van der Waals surface area (Å²) >= 11 is 0. The quantitative estimate of drug-likeness (QED) is 0.793. The molecule has 1 N–H and O–H groups in total. The molecule has 0 aliphatic carbocycles. The van der Waals surface area contributed by atoms with Gasteiger partial charge >= 0.3 is 5.97 Å². The number of benzene rings is 1. The fourth-order valence-electron chi connectivity index (χ4n) is 1.33. The number of methoxy groups -OCH3 is 1. The largest absolute Gasteiger partial charge is 0.497 e. The summed E-state index contributed by atoms with van der Waals surface area (Å²) in [5, 5.41) is 8.47. The van der Waals surface area contributed by atoms with Crippen LogP contribution in [0, 0.1) is 0 Å². The fourth-order valence-corrected chi connectivity index (χ4v) is 1.33. The van der Waals surface area contributed by atoms with Crippen molar-refractivity contribution in [2.75, 3.05) is 7.11 Å². The molecule has 0 fully saturated rings. The Morgan fingerprint density at radius 2 is 2.00 bits per heavy atom. The zero-order valence-corrected chi connectivity index (χ0v) is 10.0. The monoisotopic (exact) mass is 232 g/mol. The first-order valence-corrected chi connectivity index (χ1v) is 5.33. The van der Waals surface area contributed by atoms with E-state index in [1.165, 1.54) is 0 Å². The van der Waals surface area contributed by atoms with E-state index in [-0.39, 0.29) is 6.42 Å². The molecule has 1 aromatic carbocycles. The molecule has 0 unspecified atom stereocenters. The van der Waals surface area contributed by atoms with Crippen molar-refractivity contribution in [3.05, 3.63) is 48.1 Å². The molecule has 1 aromatic rings. The van der Waals surface area contributed by atoms with Gasteiger partial charge in [0, 0.05) is 0 Å². The van der Waals surface area contributed by atoms with Crippen LogP contribution in [0.4, 0.5) is 0 Å². The number of ether oxygens (including phenoxy) is 1. The summed E-state index contributed by atoms with van der Waals surface area (Å²) < 4.78 is 5.08. The molecule has 0 bridgehead atoms. The summed E-state index contributed by atoms with van der Waals surface area (Å²) in [6.45, 7) is 1.98. The van der Waals surface area contributed by atoms with Gasteiger partial charge in [-0.2, -0.15) is 0 Å². The summed E-state index contributed by atoms with van der Waals surface area (Å²) in [4.78, 5) is 10.3. The van der Waals surface area contributed by atoms with Gasteiger partial charge in [-0.1, -0.05) is 30.4 Å². The van der Waals surface area contributed by atoms with Crippen molar-refractivity contribution in [2.24, 2.45) is 0 Å². The number of hydrogen-bond donors (Lipinski definition) is 1. The number of carbonyl (C=O) groups is 1. The van der Waals surface area contributed by atoms with Gasteiger partial charge in [0.1, 0.15) is 5.75 Å². The van der Waals surface area contributed by atoms with E-state index in [0.29, 0.717) is 0 Å². The van der Waals surface area contributed by atoms with E-state index in [9.17, 15) is 4.79 Å². The van der Waals surface area contributed by atoms with Crippen LogP contribution < -0.4 is 4.74 Å². The number of hydrogen-bond acceptors (Lipinski definition) is 2. The molecule has 0 saturated carbocycles. The van der Waals surface area contributed by atoms with Crippen LogP contribution in [0.1, 0.15) is 18.9 Å². The number of rotatable bonds is 5. The molecule has 0 radical (unpaired) electrons. The predicted molar refractivity (Wildman–Crippen MR) is 68.0 cm³/mol. The number of carboxylic acids is 1. The van der Waals surface area contributed by atoms with Gasteiger partial charge in [0.25, 0.3) is 0 Å². The van der Waals surface area contributed by atoms with Gasteiger partial charge in [-0.3, -0.25) is 4.79 Å². The molecule has 0 heterocycles. The van der Waals surface area contributed by atoms with Gasteiger partial charge in [0.15, 0.2) is 0 Å². The molecule has 0 aliphatic heterocycles. The first-order chi connectivity index (χ1) is 8.13. The van der Waals surface area contributed by atoms with E-state index in [1.54, 1.807) is 19.3 Å². The Hall–Kier alpha value is -2.03. The SMILES string of the molecule is COc1ccc(/C(C)=C/C=C/CC(=O)O)cc1. The highest BCUT2D eigenvalue weighted by atomic mass is 16.5. The Labute approximate surface area is 101 Å². The summed E-state index contributed by atoms with van der Waals surface area (Å²) in [5.74, 6) is -0.000259. The molecule has 17 heavy (non-hydrogen) atoms. The third-order valence-electron chi connectivity index (χ3n) is 2.32. The van der Waals surface area contributed by atoms with Crippen molar-refractivity contribution in [3.8, 4) is 5.75 Å². The topological polar surface area (TPSA) is 46.5 Å². The number of carboxylic acid groups (broad SMARTS) is 1. The van der Waals surface area contributed by atoms with Crippen LogP contribution in [-0.4, -0.2) is 18.2 Å². The van der Waals surface area contributed by atoms with E-state index in [1.807, 2.05) is 37.3 Å². The van der Waals surface area contributed by atoms with Gasteiger partial charge in [0.05, 0.1) is 13.5 Å². The van der Waals surface area contributed by atoms with Gasteiger partial charge in [-0.15, -0.1) is 0 Å². The number of aliphatic carboxylic acids is 1. The average Bonchev–Trinajstić information content (AvgIpc) is 2.34. The molecule has 0 saturated heterocycles. The lowest BCUT2D eigenvalue weighted by Gasteiger charge is -2.02. The lowest BCUT2D eigenvalue weighted by atomic mass is 10.1. The highest BCUT2D eigenvalue weighted by Crippen LogP contribution is 2.18. The van der Waals surface area contributed by atoms with E-state index in [2.05, 4.69) is 0 Å². The Morgan fingerprint density at radius 3 is 2.53 bits per heavy atom. The zero-order chi connectivity index (χ0) is 12.7. The standard InChI is InChI=1S/C14H16O3/c1-11(5-3-4-6-14(15)16)12-7-9-13(17-2)10-8-12/h3-5,7-10H,6H2,1-2H3,(H,15,16)/b4-3+,11-5+. The Kier molecular flexibility index (Phi) is 5.01. The van der Waals surface area contributed by atoms with E-state index in [4.69, 9.17) is 9.84 Å². The van der Waals surface area contributed by atoms with Gasteiger partial charge in [-0.25, -0.2) is 0 Å². The molecule has 0 amide bonds. The molecule has 1 rings (SSSR count). The molecule has 0 atom stereocenters. The molecule has 0 aliphatic rings. The average molecular weight is 232 g/mol. The van der Waals surface area contributed by atoms with Crippen LogP contribution in [0.5, 0.6) is 5.75 Å². The minimum atomic E-state index is -0.822. The normalized spacial score (nSPS) is 11.8. The van der Waals surface area contributed by atoms with Crippen LogP contribution in [0.15, 0.2) is 42.5 Å². The molecule has 0 spiro atoms. The zero-order valence-electron chi connectivity index (χ0n) is 10.0. The van der Waals surface area contributed by atoms with Crippen molar-refractivity contribution in [3.63, 3.8) is 0 Å². The second-order valence-corrected chi connectivity index (χ2v) is 3.60. The third kappa shape index (κ3) is 4.55. The minimum Gasteiger partial charge on any atom is -0.497 e. The highest BCUT2D eigenvalue weighted by molar-refractivity contribution is 5.69. The first-order valence-electron chi connectivity index (χ1n) is 5.33. The smallest absolute Gasteiger partial charge is 0.307 e.